The molecule has 1 aromatic heterocycles. The Bertz CT molecular complexity index is 354. The van der Waals surface area contributed by atoms with Crippen LogP contribution in [0.25, 0.3) is 0 Å². The molecule has 2 rings (SSSR count). The van der Waals surface area contributed by atoms with Crippen LogP contribution in [0.2, 0.25) is 0 Å². The van der Waals surface area contributed by atoms with Gasteiger partial charge in [-0.3, -0.25) is 0 Å². The third-order valence-electron chi connectivity index (χ3n) is 2.88. The summed E-state index contributed by atoms with van der Waals surface area (Å²) in [5, 5.41) is 4.59. The Morgan fingerprint density at radius 1 is 1.47 bits per heavy atom. The quantitative estimate of drug-likeness (QED) is 0.792. The number of nitrogens with zero attached hydrogens (tertiary/aromatic N) is 3. The summed E-state index contributed by atoms with van der Waals surface area (Å²) in [5.41, 5.74) is 8.54. The van der Waals surface area contributed by atoms with E-state index in [1.54, 1.807) is 0 Å². The fourth-order valence-corrected chi connectivity index (χ4v) is 2.09. The van der Waals surface area contributed by atoms with Gasteiger partial charge in [0.15, 0.2) is 0 Å². The van der Waals surface area contributed by atoms with Gasteiger partial charge in [-0.05, 0) is 19.4 Å². The molecule has 0 amide bonds. The number of anilines is 1. The average Bonchev–Trinajstić information content (AvgIpc) is 2.42. The molecule has 0 fully saturated rings. The maximum Gasteiger partial charge on any atom is 0.125 e. The van der Waals surface area contributed by atoms with Crippen molar-refractivity contribution in [3.63, 3.8) is 0 Å². The molecular formula is C11H20N4. The second-order valence-electron chi connectivity index (χ2n) is 4.87. The molecule has 2 N–H and O–H groups in total. The van der Waals surface area contributed by atoms with Crippen LogP contribution in [0.1, 0.15) is 25.1 Å². The highest BCUT2D eigenvalue weighted by atomic mass is 15.3. The van der Waals surface area contributed by atoms with E-state index in [1.165, 1.54) is 11.3 Å². The van der Waals surface area contributed by atoms with Crippen LogP contribution in [0, 0.1) is 5.92 Å². The minimum Gasteiger partial charge on any atom is -0.384 e. The molecular weight excluding hydrogens is 188 g/mol. The number of nitrogens with two attached hydrogens (primary N) is 1. The van der Waals surface area contributed by atoms with Crippen LogP contribution >= 0.6 is 0 Å². The standard InChI is InChI=1S/C11H20N4/c1-8(2)6-15-11(12)9-4-5-14(3)7-10(9)13-15/h8H,4-7,12H2,1-3H3. The van der Waals surface area contributed by atoms with Crippen LogP contribution in [0.5, 0.6) is 0 Å². The molecule has 1 aliphatic rings. The Balaban J connectivity index is 2.28. The van der Waals surface area contributed by atoms with Crippen LogP contribution in [0.15, 0.2) is 0 Å². The molecule has 0 atom stereocenters. The monoisotopic (exact) mass is 208 g/mol. The fourth-order valence-electron chi connectivity index (χ4n) is 2.09. The molecule has 0 saturated carbocycles. The maximum absolute atomic E-state index is 6.10. The van der Waals surface area contributed by atoms with Crippen molar-refractivity contribution in [2.24, 2.45) is 5.92 Å². The molecule has 2 heterocycles. The Hall–Kier alpha value is -1.03. The SMILES string of the molecule is CC(C)Cn1nc2c(c1N)CCN(C)C2. The van der Waals surface area contributed by atoms with Crippen LogP contribution in [-0.2, 0) is 19.5 Å². The van der Waals surface area contributed by atoms with Crippen molar-refractivity contribution in [2.75, 3.05) is 19.3 Å². The number of likely N-dealkylation sites (N-methyl/N-ethyl adjacent to an activating group) is 1. The van der Waals surface area contributed by atoms with Crippen molar-refractivity contribution in [2.45, 2.75) is 33.4 Å². The summed E-state index contributed by atoms with van der Waals surface area (Å²) in [6, 6.07) is 0. The smallest absolute Gasteiger partial charge is 0.125 e. The van der Waals surface area contributed by atoms with Crippen LogP contribution in [0.4, 0.5) is 5.82 Å². The Morgan fingerprint density at radius 3 is 2.87 bits per heavy atom. The highest BCUT2D eigenvalue weighted by molar-refractivity contribution is 5.44. The third kappa shape index (κ3) is 2.00. The van der Waals surface area contributed by atoms with E-state index in [0.29, 0.717) is 5.92 Å². The summed E-state index contributed by atoms with van der Waals surface area (Å²) in [6.07, 6.45) is 1.04. The molecule has 15 heavy (non-hydrogen) atoms. The van der Waals surface area contributed by atoms with Gasteiger partial charge in [0, 0.05) is 25.2 Å². The normalized spacial score (nSPS) is 17.1. The average molecular weight is 208 g/mol. The number of fused-ring (bicyclic) bond motifs is 1. The highest BCUT2D eigenvalue weighted by Crippen LogP contribution is 2.23. The van der Waals surface area contributed by atoms with E-state index < -0.39 is 0 Å². The lowest BCUT2D eigenvalue weighted by atomic mass is 10.1. The molecule has 0 radical (unpaired) electrons. The van der Waals surface area contributed by atoms with Gasteiger partial charge in [0.2, 0.25) is 0 Å². The first-order chi connectivity index (χ1) is 7.08. The van der Waals surface area contributed by atoms with Crippen molar-refractivity contribution in [3.05, 3.63) is 11.3 Å². The van der Waals surface area contributed by atoms with E-state index in [1.807, 2.05) is 4.68 Å². The minimum atomic E-state index is 0.589. The number of nitrogen functional groups attached to an aromatic ring is 1. The van der Waals surface area contributed by atoms with Gasteiger partial charge in [0.1, 0.15) is 5.82 Å². The second kappa shape index (κ2) is 3.85. The Labute approximate surface area is 91.1 Å². The van der Waals surface area contributed by atoms with Crippen molar-refractivity contribution in [1.82, 2.24) is 14.7 Å². The lowest BCUT2D eigenvalue weighted by molar-refractivity contribution is 0.308. The molecule has 0 aliphatic carbocycles. The molecule has 1 aliphatic heterocycles. The molecule has 84 valence electrons. The first kappa shape index (κ1) is 10.5. The summed E-state index contributed by atoms with van der Waals surface area (Å²) < 4.78 is 1.97. The maximum atomic E-state index is 6.10. The first-order valence-corrected chi connectivity index (χ1v) is 5.60. The van der Waals surface area contributed by atoms with E-state index in [9.17, 15) is 0 Å². The molecule has 0 spiro atoms. The molecule has 4 heteroatoms. The summed E-state index contributed by atoms with van der Waals surface area (Å²) in [4.78, 5) is 2.29. The zero-order chi connectivity index (χ0) is 11.0. The van der Waals surface area contributed by atoms with Crippen molar-refractivity contribution >= 4 is 5.82 Å². The lowest BCUT2D eigenvalue weighted by Crippen LogP contribution is -2.26. The van der Waals surface area contributed by atoms with Gasteiger partial charge in [-0.1, -0.05) is 13.8 Å². The first-order valence-electron chi connectivity index (χ1n) is 5.60. The minimum absolute atomic E-state index is 0.589. The van der Waals surface area contributed by atoms with Gasteiger partial charge in [-0.25, -0.2) is 4.68 Å². The summed E-state index contributed by atoms with van der Waals surface area (Å²) in [7, 11) is 2.13. The summed E-state index contributed by atoms with van der Waals surface area (Å²) >= 11 is 0. The largest absolute Gasteiger partial charge is 0.384 e. The molecule has 0 aromatic carbocycles. The van der Waals surface area contributed by atoms with E-state index in [2.05, 4.69) is 30.9 Å². The lowest BCUT2D eigenvalue weighted by Gasteiger charge is -2.20. The fraction of sp³-hybridized carbons (Fsp3) is 0.727. The second-order valence-corrected chi connectivity index (χ2v) is 4.87. The van der Waals surface area contributed by atoms with E-state index in [-0.39, 0.29) is 0 Å². The summed E-state index contributed by atoms with van der Waals surface area (Å²) in [6.45, 7) is 7.32. The molecule has 0 bridgehead atoms. The van der Waals surface area contributed by atoms with E-state index in [4.69, 9.17) is 5.73 Å². The van der Waals surface area contributed by atoms with Crippen LogP contribution in [-0.4, -0.2) is 28.3 Å². The molecule has 0 unspecified atom stereocenters. The predicted octanol–water partition coefficient (Wildman–Crippen LogP) is 1.11. The van der Waals surface area contributed by atoms with Crippen molar-refractivity contribution < 1.29 is 0 Å². The zero-order valence-corrected chi connectivity index (χ0v) is 9.82. The number of aromatic nitrogens is 2. The van der Waals surface area contributed by atoms with E-state index >= 15 is 0 Å². The van der Waals surface area contributed by atoms with Crippen molar-refractivity contribution in [1.29, 1.82) is 0 Å². The number of hydrogen-bond donors (Lipinski definition) is 1. The molecule has 0 saturated heterocycles. The molecule has 4 nitrogen and oxygen atoms in total. The van der Waals surface area contributed by atoms with Gasteiger partial charge >= 0.3 is 0 Å². The van der Waals surface area contributed by atoms with Crippen LogP contribution in [0.3, 0.4) is 0 Å². The third-order valence-corrected chi connectivity index (χ3v) is 2.88. The van der Waals surface area contributed by atoms with Gasteiger partial charge < -0.3 is 10.6 Å². The highest BCUT2D eigenvalue weighted by Gasteiger charge is 2.21. The molecule has 1 aromatic rings. The van der Waals surface area contributed by atoms with Gasteiger partial charge in [-0.15, -0.1) is 0 Å². The summed E-state index contributed by atoms with van der Waals surface area (Å²) in [5.74, 6) is 1.47. The number of hydrogen-bond acceptors (Lipinski definition) is 3. The Morgan fingerprint density at radius 2 is 2.20 bits per heavy atom. The van der Waals surface area contributed by atoms with E-state index in [0.717, 1.165) is 31.9 Å². The topological polar surface area (TPSA) is 47.1 Å². The number of rotatable bonds is 2. The van der Waals surface area contributed by atoms with Crippen LogP contribution < -0.4 is 5.73 Å². The Kier molecular flexibility index (Phi) is 2.69. The van der Waals surface area contributed by atoms with Gasteiger partial charge in [0.25, 0.3) is 0 Å². The van der Waals surface area contributed by atoms with Crippen molar-refractivity contribution in [3.8, 4) is 0 Å². The van der Waals surface area contributed by atoms with Gasteiger partial charge in [0.05, 0.1) is 5.69 Å². The predicted molar refractivity (Wildman–Crippen MR) is 61.5 cm³/mol. The zero-order valence-electron chi connectivity index (χ0n) is 9.82. The van der Waals surface area contributed by atoms with Gasteiger partial charge in [-0.2, -0.15) is 5.10 Å².